The van der Waals surface area contributed by atoms with Crippen LogP contribution in [0.3, 0.4) is 0 Å². The van der Waals surface area contributed by atoms with Gasteiger partial charge in [-0.15, -0.1) is 0 Å². The Labute approximate surface area is 131 Å². The summed E-state index contributed by atoms with van der Waals surface area (Å²) in [6.45, 7) is 4.68. The summed E-state index contributed by atoms with van der Waals surface area (Å²) < 4.78 is 31.9. The van der Waals surface area contributed by atoms with E-state index < -0.39 is 23.1 Å². The molecule has 23 heavy (non-hydrogen) atoms. The zero-order valence-electron chi connectivity index (χ0n) is 12.4. The number of amides is 1. The number of halogens is 2. The van der Waals surface area contributed by atoms with Gasteiger partial charge >= 0.3 is 0 Å². The quantitative estimate of drug-likeness (QED) is 0.862. The van der Waals surface area contributed by atoms with E-state index >= 15 is 0 Å². The molecule has 1 saturated heterocycles. The second-order valence-corrected chi connectivity index (χ2v) is 5.59. The lowest BCUT2D eigenvalue weighted by Crippen LogP contribution is -2.49. The Kier molecular flexibility index (Phi) is 4.12. The molecule has 1 aromatic carbocycles. The minimum Gasteiger partial charge on any atom is -0.379 e. The molecule has 1 amide bonds. The predicted octanol–water partition coefficient (Wildman–Crippen LogP) is 1.92. The number of oxime groups is 1. The standard InChI is InChI=1S/C16H16F2N2O3/c1-2-16(15(21)19-13-3-4-22-9-13)8-14(20-23-16)10-5-11(17)7-12(18)6-10/h2,5-7,13H,1,3-4,8-9H2,(H,19,21)/t13?,16-/m1/s1. The van der Waals surface area contributed by atoms with Gasteiger partial charge in [0.1, 0.15) is 11.6 Å². The van der Waals surface area contributed by atoms with Crippen molar-refractivity contribution in [2.45, 2.75) is 24.5 Å². The van der Waals surface area contributed by atoms with Crippen LogP contribution in [0.2, 0.25) is 0 Å². The second kappa shape index (κ2) is 6.08. The second-order valence-electron chi connectivity index (χ2n) is 5.59. The van der Waals surface area contributed by atoms with Crippen LogP contribution in [0.1, 0.15) is 18.4 Å². The Morgan fingerprint density at radius 1 is 1.39 bits per heavy atom. The molecule has 1 aromatic rings. The lowest BCUT2D eigenvalue weighted by molar-refractivity contribution is -0.139. The van der Waals surface area contributed by atoms with Gasteiger partial charge in [-0.1, -0.05) is 11.7 Å². The van der Waals surface area contributed by atoms with Gasteiger partial charge in [-0.05, 0) is 24.6 Å². The molecule has 5 nitrogen and oxygen atoms in total. The average molecular weight is 322 g/mol. The van der Waals surface area contributed by atoms with E-state index in [1.54, 1.807) is 0 Å². The summed E-state index contributed by atoms with van der Waals surface area (Å²) in [6, 6.07) is 2.98. The molecule has 1 unspecified atom stereocenters. The molecule has 7 heteroatoms. The molecule has 2 heterocycles. The number of hydrogen-bond acceptors (Lipinski definition) is 4. The first kappa shape index (κ1) is 15.6. The van der Waals surface area contributed by atoms with Crippen molar-refractivity contribution in [2.24, 2.45) is 5.16 Å². The van der Waals surface area contributed by atoms with Gasteiger partial charge in [-0.25, -0.2) is 8.78 Å². The first-order valence-electron chi connectivity index (χ1n) is 7.26. The van der Waals surface area contributed by atoms with Gasteiger partial charge in [-0.2, -0.15) is 0 Å². The maximum atomic E-state index is 13.3. The molecular formula is C16H16F2N2O3. The number of nitrogens with one attached hydrogen (secondary N) is 1. The van der Waals surface area contributed by atoms with Gasteiger partial charge in [0.2, 0.25) is 5.60 Å². The van der Waals surface area contributed by atoms with Crippen molar-refractivity contribution >= 4 is 11.6 Å². The van der Waals surface area contributed by atoms with E-state index in [4.69, 9.17) is 9.57 Å². The zero-order chi connectivity index (χ0) is 16.4. The van der Waals surface area contributed by atoms with Crippen LogP contribution in [0, 0.1) is 11.6 Å². The molecule has 0 radical (unpaired) electrons. The molecule has 3 rings (SSSR count). The number of hydrogen-bond donors (Lipinski definition) is 1. The van der Waals surface area contributed by atoms with Crippen LogP contribution >= 0.6 is 0 Å². The fourth-order valence-corrected chi connectivity index (χ4v) is 2.60. The molecule has 2 atom stereocenters. The predicted molar refractivity (Wildman–Crippen MR) is 78.9 cm³/mol. The smallest absolute Gasteiger partial charge is 0.271 e. The van der Waals surface area contributed by atoms with Crippen LogP contribution in [0.15, 0.2) is 36.0 Å². The van der Waals surface area contributed by atoms with Crippen LogP contribution in [0.25, 0.3) is 0 Å². The van der Waals surface area contributed by atoms with Crippen LogP contribution in [0.5, 0.6) is 0 Å². The van der Waals surface area contributed by atoms with E-state index in [1.165, 1.54) is 6.08 Å². The van der Waals surface area contributed by atoms with E-state index in [9.17, 15) is 13.6 Å². The molecule has 0 saturated carbocycles. The molecule has 0 spiro atoms. The molecular weight excluding hydrogens is 306 g/mol. The maximum absolute atomic E-state index is 13.3. The summed E-state index contributed by atoms with van der Waals surface area (Å²) in [6.07, 6.45) is 2.13. The first-order valence-corrected chi connectivity index (χ1v) is 7.26. The minimum absolute atomic E-state index is 0.0544. The van der Waals surface area contributed by atoms with Gasteiger partial charge in [0.25, 0.3) is 5.91 Å². The van der Waals surface area contributed by atoms with Crippen molar-refractivity contribution in [3.05, 3.63) is 48.1 Å². The molecule has 0 aromatic heterocycles. The Hall–Kier alpha value is -2.28. The van der Waals surface area contributed by atoms with Crippen molar-refractivity contribution < 1.29 is 23.1 Å². The third-order valence-electron chi connectivity index (χ3n) is 3.92. The van der Waals surface area contributed by atoms with Crippen LogP contribution in [0.4, 0.5) is 8.78 Å². The van der Waals surface area contributed by atoms with Crippen LogP contribution < -0.4 is 5.32 Å². The SMILES string of the molecule is C=C[C@]1(C(=O)NC2CCOC2)CC(c2cc(F)cc(F)c2)=NO1. The highest BCUT2D eigenvalue weighted by atomic mass is 19.1. The Bertz CT molecular complexity index is 651. The number of rotatable bonds is 4. The summed E-state index contributed by atoms with van der Waals surface area (Å²) in [5, 5.41) is 6.65. The highest BCUT2D eigenvalue weighted by Gasteiger charge is 2.45. The van der Waals surface area contributed by atoms with Gasteiger partial charge < -0.3 is 14.9 Å². The number of carbonyl (C=O) groups excluding carboxylic acids is 1. The lowest BCUT2D eigenvalue weighted by Gasteiger charge is -2.23. The van der Waals surface area contributed by atoms with Crippen molar-refractivity contribution in [2.75, 3.05) is 13.2 Å². The van der Waals surface area contributed by atoms with Gasteiger partial charge in [-0.3, -0.25) is 4.79 Å². The lowest BCUT2D eigenvalue weighted by atomic mass is 9.93. The number of ether oxygens (including phenoxy) is 1. The topological polar surface area (TPSA) is 59.9 Å². The summed E-state index contributed by atoms with van der Waals surface area (Å²) in [4.78, 5) is 17.8. The molecule has 0 aliphatic carbocycles. The summed E-state index contributed by atoms with van der Waals surface area (Å²) >= 11 is 0. The van der Waals surface area contributed by atoms with Crippen molar-refractivity contribution in [3.8, 4) is 0 Å². The van der Waals surface area contributed by atoms with E-state index in [2.05, 4.69) is 17.1 Å². The third kappa shape index (κ3) is 3.10. The monoisotopic (exact) mass is 322 g/mol. The van der Waals surface area contributed by atoms with E-state index in [0.717, 1.165) is 24.6 Å². The van der Waals surface area contributed by atoms with Crippen molar-refractivity contribution in [1.29, 1.82) is 0 Å². The summed E-state index contributed by atoms with van der Waals surface area (Å²) in [5.41, 5.74) is -0.842. The molecule has 1 fully saturated rings. The molecule has 2 aliphatic rings. The number of carbonyl (C=O) groups is 1. The minimum atomic E-state index is -1.37. The van der Waals surface area contributed by atoms with Gasteiger partial charge in [0, 0.05) is 24.7 Å². The maximum Gasteiger partial charge on any atom is 0.271 e. The third-order valence-corrected chi connectivity index (χ3v) is 3.92. The molecule has 0 bridgehead atoms. The van der Waals surface area contributed by atoms with Crippen molar-refractivity contribution in [1.82, 2.24) is 5.32 Å². The fourth-order valence-electron chi connectivity index (χ4n) is 2.60. The average Bonchev–Trinajstić information content (AvgIpc) is 3.15. The molecule has 1 N–H and O–H groups in total. The molecule has 2 aliphatic heterocycles. The highest BCUT2D eigenvalue weighted by Crippen LogP contribution is 2.29. The van der Waals surface area contributed by atoms with E-state index in [-0.39, 0.29) is 18.0 Å². The summed E-state index contributed by atoms with van der Waals surface area (Å²) in [7, 11) is 0. The highest BCUT2D eigenvalue weighted by molar-refractivity contribution is 6.06. The molecule has 122 valence electrons. The van der Waals surface area contributed by atoms with Crippen molar-refractivity contribution in [3.63, 3.8) is 0 Å². The Balaban J connectivity index is 1.76. The number of benzene rings is 1. The normalized spacial score (nSPS) is 26.5. The Morgan fingerprint density at radius 3 is 2.74 bits per heavy atom. The fraction of sp³-hybridized carbons (Fsp3) is 0.375. The van der Waals surface area contributed by atoms with Crippen LogP contribution in [-0.4, -0.2) is 36.5 Å². The zero-order valence-corrected chi connectivity index (χ0v) is 12.4. The van der Waals surface area contributed by atoms with Crippen LogP contribution in [-0.2, 0) is 14.4 Å². The van der Waals surface area contributed by atoms with E-state index in [0.29, 0.717) is 18.9 Å². The van der Waals surface area contributed by atoms with Gasteiger partial charge in [0.05, 0.1) is 18.4 Å². The van der Waals surface area contributed by atoms with Gasteiger partial charge in [0.15, 0.2) is 0 Å². The number of nitrogens with zero attached hydrogens (tertiary/aromatic N) is 1. The summed E-state index contributed by atoms with van der Waals surface area (Å²) in [5.74, 6) is -1.82. The Morgan fingerprint density at radius 2 is 2.13 bits per heavy atom. The van der Waals surface area contributed by atoms with E-state index in [1.807, 2.05) is 0 Å². The largest absolute Gasteiger partial charge is 0.379 e. The first-order chi connectivity index (χ1) is 11.0.